The molecule has 103 valence electrons. The number of hydrogen-bond donors (Lipinski definition) is 0. The Kier molecular flexibility index (Phi) is 4.75. The van der Waals surface area contributed by atoms with Crippen molar-refractivity contribution in [1.29, 1.82) is 0 Å². The molecule has 0 N–H and O–H groups in total. The molecule has 2 fully saturated rings. The van der Waals surface area contributed by atoms with Crippen molar-refractivity contribution in [2.75, 3.05) is 19.6 Å². The first-order valence-electron chi connectivity index (χ1n) is 7.39. The maximum absolute atomic E-state index is 4.85. The minimum atomic E-state index is 0.480. The summed E-state index contributed by atoms with van der Waals surface area (Å²) in [5.41, 5.74) is 0. The van der Waals surface area contributed by atoms with Crippen molar-refractivity contribution < 1.29 is 0 Å². The molecule has 2 saturated heterocycles. The van der Waals surface area contributed by atoms with E-state index in [9.17, 15) is 0 Å². The van der Waals surface area contributed by atoms with Crippen molar-refractivity contribution in [3.05, 3.63) is 24.5 Å². The van der Waals surface area contributed by atoms with E-state index in [2.05, 4.69) is 22.0 Å². The largest absolute Gasteiger partial charge is 0.287 e. The maximum atomic E-state index is 4.85. The van der Waals surface area contributed by atoms with E-state index in [-0.39, 0.29) is 0 Å². The third-order valence-corrected chi connectivity index (χ3v) is 5.34. The minimum absolute atomic E-state index is 0.480. The summed E-state index contributed by atoms with van der Waals surface area (Å²) in [7, 11) is 0. The van der Waals surface area contributed by atoms with Gasteiger partial charge in [-0.15, -0.1) is 11.8 Å². The molecule has 3 rings (SSSR count). The molecule has 1 radical (unpaired) electrons. The standard InChI is InChI=1S/C15H22N3S/c1-2-10-18(11-3-1)15-12-14(6-9-17-15)19-13-4-7-16-8-5-13/h4-5,7-8,14-15H,1-3,6,9-12H2. The Morgan fingerprint density at radius 1 is 1.11 bits per heavy atom. The molecule has 4 heteroatoms. The van der Waals surface area contributed by atoms with Gasteiger partial charge in [0.25, 0.3) is 0 Å². The van der Waals surface area contributed by atoms with Crippen molar-refractivity contribution in [3.8, 4) is 0 Å². The molecule has 1 aromatic heterocycles. The van der Waals surface area contributed by atoms with E-state index in [0.29, 0.717) is 11.4 Å². The van der Waals surface area contributed by atoms with E-state index in [1.165, 1.54) is 50.1 Å². The quantitative estimate of drug-likeness (QED) is 0.850. The topological polar surface area (TPSA) is 30.2 Å². The molecule has 0 bridgehead atoms. The van der Waals surface area contributed by atoms with Gasteiger partial charge < -0.3 is 0 Å². The van der Waals surface area contributed by atoms with Crippen LogP contribution in [0.4, 0.5) is 0 Å². The predicted molar refractivity (Wildman–Crippen MR) is 79.3 cm³/mol. The first-order valence-corrected chi connectivity index (χ1v) is 8.27. The van der Waals surface area contributed by atoms with Crippen LogP contribution < -0.4 is 5.32 Å². The molecule has 1 aromatic rings. The Morgan fingerprint density at radius 3 is 2.68 bits per heavy atom. The van der Waals surface area contributed by atoms with Crippen molar-refractivity contribution in [3.63, 3.8) is 0 Å². The van der Waals surface area contributed by atoms with Gasteiger partial charge >= 0.3 is 0 Å². The Bertz CT molecular complexity index is 378. The highest BCUT2D eigenvalue weighted by Crippen LogP contribution is 2.31. The second kappa shape index (κ2) is 6.73. The van der Waals surface area contributed by atoms with Crippen molar-refractivity contribution in [1.82, 2.24) is 15.2 Å². The van der Waals surface area contributed by atoms with Crippen LogP contribution in [-0.2, 0) is 0 Å². The summed E-state index contributed by atoms with van der Waals surface area (Å²) in [4.78, 5) is 8.03. The lowest BCUT2D eigenvalue weighted by Crippen LogP contribution is -2.49. The Labute approximate surface area is 120 Å². The monoisotopic (exact) mass is 276 g/mol. The highest BCUT2D eigenvalue weighted by Gasteiger charge is 2.28. The Balaban J connectivity index is 1.55. The molecule has 2 unspecified atom stereocenters. The molecule has 19 heavy (non-hydrogen) atoms. The third kappa shape index (κ3) is 3.71. The number of nitrogens with zero attached hydrogens (tertiary/aromatic N) is 3. The zero-order valence-electron chi connectivity index (χ0n) is 11.4. The summed E-state index contributed by atoms with van der Waals surface area (Å²) in [6.07, 6.45) is 10.8. The van der Waals surface area contributed by atoms with Gasteiger partial charge in [0.1, 0.15) is 0 Å². The van der Waals surface area contributed by atoms with Crippen LogP contribution in [0.15, 0.2) is 29.4 Å². The zero-order chi connectivity index (χ0) is 12.9. The summed E-state index contributed by atoms with van der Waals surface area (Å²) < 4.78 is 0. The molecular formula is C15H22N3S. The molecule has 3 heterocycles. The van der Waals surface area contributed by atoms with Crippen LogP contribution in [-0.4, -0.2) is 40.9 Å². The normalized spacial score (nSPS) is 29.3. The fraction of sp³-hybridized carbons (Fsp3) is 0.667. The van der Waals surface area contributed by atoms with Gasteiger partial charge in [0, 0.05) is 29.1 Å². The SMILES string of the molecule is c1cc(SC2CC[N]C(N3CCCCC3)C2)ccn1. The van der Waals surface area contributed by atoms with Gasteiger partial charge in [-0.05, 0) is 50.9 Å². The van der Waals surface area contributed by atoms with E-state index in [4.69, 9.17) is 5.32 Å². The second-order valence-electron chi connectivity index (χ2n) is 5.43. The van der Waals surface area contributed by atoms with E-state index in [1.807, 2.05) is 24.2 Å². The van der Waals surface area contributed by atoms with E-state index in [0.717, 1.165) is 6.54 Å². The van der Waals surface area contributed by atoms with Gasteiger partial charge in [-0.3, -0.25) is 9.88 Å². The average molecular weight is 276 g/mol. The highest BCUT2D eigenvalue weighted by molar-refractivity contribution is 8.00. The molecule has 0 amide bonds. The Morgan fingerprint density at radius 2 is 1.89 bits per heavy atom. The molecule has 2 aliphatic rings. The number of pyridine rings is 1. The van der Waals surface area contributed by atoms with Crippen LogP contribution >= 0.6 is 11.8 Å². The summed E-state index contributed by atoms with van der Waals surface area (Å²) in [6, 6.07) is 4.23. The summed E-state index contributed by atoms with van der Waals surface area (Å²) in [5.74, 6) is 0. The van der Waals surface area contributed by atoms with E-state index in [1.54, 1.807) is 0 Å². The van der Waals surface area contributed by atoms with Crippen LogP contribution in [0.25, 0.3) is 0 Å². The molecule has 0 aromatic carbocycles. The lowest BCUT2D eigenvalue weighted by Gasteiger charge is -2.38. The molecular weight excluding hydrogens is 254 g/mol. The van der Waals surface area contributed by atoms with Gasteiger partial charge in [0.05, 0.1) is 6.17 Å². The van der Waals surface area contributed by atoms with Crippen molar-refractivity contribution >= 4 is 11.8 Å². The molecule has 2 atom stereocenters. The first-order chi connectivity index (χ1) is 9.42. The van der Waals surface area contributed by atoms with E-state index >= 15 is 0 Å². The smallest absolute Gasteiger partial charge is 0.0771 e. The molecule has 0 spiro atoms. The van der Waals surface area contributed by atoms with Gasteiger partial charge in [-0.2, -0.15) is 0 Å². The molecule has 0 aliphatic carbocycles. The lowest BCUT2D eigenvalue weighted by atomic mass is 10.1. The van der Waals surface area contributed by atoms with Gasteiger partial charge in [-0.25, -0.2) is 5.32 Å². The van der Waals surface area contributed by atoms with E-state index < -0.39 is 0 Å². The Hall–Kier alpha value is -0.580. The van der Waals surface area contributed by atoms with Gasteiger partial charge in [-0.1, -0.05) is 6.42 Å². The minimum Gasteiger partial charge on any atom is -0.287 e. The predicted octanol–water partition coefficient (Wildman–Crippen LogP) is 2.75. The number of hydrogen-bond acceptors (Lipinski definition) is 3. The number of likely N-dealkylation sites (tertiary alicyclic amines) is 1. The lowest BCUT2D eigenvalue weighted by molar-refractivity contribution is 0.113. The van der Waals surface area contributed by atoms with Crippen LogP contribution in [0.1, 0.15) is 32.1 Å². The molecule has 3 nitrogen and oxygen atoms in total. The van der Waals surface area contributed by atoms with Gasteiger partial charge in [0.2, 0.25) is 0 Å². The first kappa shape index (κ1) is 13.4. The van der Waals surface area contributed by atoms with Crippen LogP contribution in [0.5, 0.6) is 0 Å². The second-order valence-corrected chi connectivity index (χ2v) is 6.80. The molecule has 0 saturated carbocycles. The molecule has 2 aliphatic heterocycles. The number of piperidine rings is 2. The number of thioether (sulfide) groups is 1. The number of aromatic nitrogens is 1. The maximum Gasteiger partial charge on any atom is 0.0771 e. The highest BCUT2D eigenvalue weighted by atomic mass is 32.2. The van der Waals surface area contributed by atoms with Crippen LogP contribution in [0, 0.1) is 0 Å². The van der Waals surface area contributed by atoms with Crippen LogP contribution in [0.3, 0.4) is 0 Å². The van der Waals surface area contributed by atoms with Gasteiger partial charge in [0.15, 0.2) is 0 Å². The summed E-state index contributed by atoms with van der Waals surface area (Å²) in [5, 5.41) is 5.56. The summed E-state index contributed by atoms with van der Waals surface area (Å²) in [6.45, 7) is 3.53. The zero-order valence-corrected chi connectivity index (χ0v) is 12.2. The number of rotatable bonds is 3. The average Bonchev–Trinajstić information content (AvgIpc) is 2.49. The van der Waals surface area contributed by atoms with Crippen molar-refractivity contribution in [2.45, 2.75) is 48.4 Å². The fourth-order valence-corrected chi connectivity index (χ4v) is 4.15. The van der Waals surface area contributed by atoms with Crippen LogP contribution in [0.2, 0.25) is 0 Å². The van der Waals surface area contributed by atoms with Crippen molar-refractivity contribution in [2.24, 2.45) is 0 Å². The fourth-order valence-electron chi connectivity index (χ4n) is 2.99. The summed E-state index contributed by atoms with van der Waals surface area (Å²) >= 11 is 2.01. The third-order valence-electron chi connectivity index (χ3n) is 4.03.